The smallest absolute Gasteiger partial charge is 0.374 e. The standard InChI is InChI=1S/C11H16F3NO2/c1-3-9(16)15-8-4-6-10(17-2,7-5-8)11(12,13)14/h4-6,9,15-16H,3,7H2,1-2H3. The van der Waals surface area contributed by atoms with Gasteiger partial charge in [0.25, 0.3) is 0 Å². The van der Waals surface area contributed by atoms with Crippen LogP contribution in [-0.4, -0.2) is 30.2 Å². The van der Waals surface area contributed by atoms with Gasteiger partial charge in [0.15, 0.2) is 5.60 Å². The first-order chi connectivity index (χ1) is 7.84. The van der Waals surface area contributed by atoms with Crippen LogP contribution in [0.15, 0.2) is 23.9 Å². The van der Waals surface area contributed by atoms with E-state index < -0.39 is 18.0 Å². The molecular formula is C11H16F3NO2. The molecule has 0 aromatic heterocycles. The van der Waals surface area contributed by atoms with Crippen molar-refractivity contribution >= 4 is 0 Å². The van der Waals surface area contributed by atoms with Crippen molar-refractivity contribution in [2.75, 3.05) is 7.11 Å². The Morgan fingerprint density at radius 3 is 2.59 bits per heavy atom. The van der Waals surface area contributed by atoms with Crippen LogP contribution >= 0.6 is 0 Å². The highest BCUT2D eigenvalue weighted by Gasteiger charge is 2.53. The van der Waals surface area contributed by atoms with Crippen molar-refractivity contribution in [3.05, 3.63) is 23.9 Å². The first-order valence-electron chi connectivity index (χ1n) is 5.30. The topological polar surface area (TPSA) is 41.5 Å². The van der Waals surface area contributed by atoms with E-state index in [1.165, 1.54) is 12.2 Å². The zero-order valence-corrected chi connectivity index (χ0v) is 9.71. The van der Waals surface area contributed by atoms with Crippen LogP contribution in [-0.2, 0) is 4.74 Å². The Morgan fingerprint density at radius 2 is 2.24 bits per heavy atom. The summed E-state index contributed by atoms with van der Waals surface area (Å²) in [6.45, 7) is 1.76. The van der Waals surface area contributed by atoms with Gasteiger partial charge >= 0.3 is 6.18 Å². The Balaban J connectivity index is 2.75. The normalized spacial score (nSPS) is 26.6. The van der Waals surface area contributed by atoms with Gasteiger partial charge in [0.1, 0.15) is 6.23 Å². The molecule has 2 N–H and O–H groups in total. The van der Waals surface area contributed by atoms with Gasteiger partial charge in [0.2, 0.25) is 0 Å². The predicted octanol–water partition coefficient (Wildman–Crippen LogP) is 2.10. The van der Waals surface area contributed by atoms with E-state index in [9.17, 15) is 18.3 Å². The Bertz CT molecular complexity index is 325. The van der Waals surface area contributed by atoms with E-state index in [0.29, 0.717) is 12.1 Å². The molecule has 0 saturated heterocycles. The molecule has 0 radical (unpaired) electrons. The van der Waals surface area contributed by atoms with Crippen molar-refractivity contribution in [3.63, 3.8) is 0 Å². The van der Waals surface area contributed by atoms with Gasteiger partial charge in [0.05, 0.1) is 0 Å². The van der Waals surface area contributed by atoms with E-state index >= 15 is 0 Å². The Hall–Kier alpha value is -1.01. The van der Waals surface area contributed by atoms with Crippen molar-refractivity contribution in [1.82, 2.24) is 5.32 Å². The fourth-order valence-electron chi connectivity index (χ4n) is 1.50. The number of alkyl halides is 3. The molecule has 0 spiro atoms. The van der Waals surface area contributed by atoms with Gasteiger partial charge in [-0.1, -0.05) is 13.0 Å². The van der Waals surface area contributed by atoms with Crippen LogP contribution in [0.3, 0.4) is 0 Å². The molecule has 17 heavy (non-hydrogen) atoms. The molecule has 1 aliphatic carbocycles. The number of methoxy groups -OCH3 is 1. The molecular weight excluding hydrogens is 235 g/mol. The summed E-state index contributed by atoms with van der Waals surface area (Å²) < 4.78 is 42.9. The largest absolute Gasteiger partial charge is 0.421 e. The highest BCUT2D eigenvalue weighted by molar-refractivity contribution is 5.28. The van der Waals surface area contributed by atoms with Crippen molar-refractivity contribution < 1.29 is 23.0 Å². The molecule has 98 valence electrons. The summed E-state index contributed by atoms with van der Waals surface area (Å²) in [5, 5.41) is 12.0. The van der Waals surface area contributed by atoms with Crippen LogP contribution in [0, 0.1) is 0 Å². The minimum Gasteiger partial charge on any atom is -0.374 e. The van der Waals surface area contributed by atoms with E-state index in [2.05, 4.69) is 10.1 Å². The van der Waals surface area contributed by atoms with Gasteiger partial charge < -0.3 is 15.2 Å². The number of nitrogens with one attached hydrogen (secondary N) is 1. The van der Waals surface area contributed by atoms with Crippen LogP contribution in [0.25, 0.3) is 0 Å². The van der Waals surface area contributed by atoms with Crippen molar-refractivity contribution in [2.45, 2.75) is 37.8 Å². The molecule has 3 nitrogen and oxygen atoms in total. The van der Waals surface area contributed by atoms with Gasteiger partial charge in [-0.2, -0.15) is 13.2 Å². The van der Waals surface area contributed by atoms with Crippen LogP contribution in [0.2, 0.25) is 0 Å². The highest BCUT2D eigenvalue weighted by atomic mass is 19.4. The number of rotatable bonds is 4. The lowest BCUT2D eigenvalue weighted by atomic mass is 9.93. The molecule has 0 aromatic carbocycles. The van der Waals surface area contributed by atoms with Gasteiger partial charge in [-0.3, -0.25) is 0 Å². The monoisotopic (exact) mass is 251 g/mol. The molecule has 1 aliphatic rings. The number of aliphatic hydroxyl groups excluding tert-OH is 1. The van der Waals surface area contributed by atoms with E-state index in [-0.39, 0.29) is 6.42 Å². The molecule has 2 atom stereocenters. The van der Waals surface area contributed by atoms with E-state index in [1.54, 1.807) is 6.92 Å². The van der Waals surface area contributed by atoms with E-state index in [1.807, 2.05) is 0 Å². The summed E-state index contributed by atoms with van der Waals surface area (Å²) in [5.74, 6) is 0. The predicted molar refractivity (Wildman–Crippen MR) is 57.1 cm³/mol. The van der Waals surface area contributed by atoms with E-state index in [0.717, 1.165) is 13.2 Å². The number of halogens is 3. The van der Waals surface area contributed by atoms with E-state index in [4.69, 9.17) is 0 Å². The minimum absolute atomic E-state index is 0.303. The average Bonchev–Trinajstić information content (AvgIpc) is 2.28. The zero-order chi connectivity index (χ0) is 13.1. The fraction of sp³-hybridized carbons (Fsp3) is 0.636. The average molecular weight is 251 g/mol. The maximum Gasteiger partial charge on any atom is 0.421 e. The molecule has 1 rings (SSSR count). The molecule has 2 unspecified atom stereocenters. The van der Waals surface area contributed by atoms with Crippen LogP contribution in [0.5, 0.6) is 0 Å². The van der Waals surface area contributed by atoms with Crippen LogP contribution < -0.4 is 5.32 Å². The lowest BCUT2D eigenvalue weighted by Gasteiger charge is -2.33. The van der Waals surface area contributed by atoms with Crippen LogP contribution in [0.1, 0.15) is 19.8 Å². The molecule has 0 saturated carbocycles. The highest BCUT2D eigenvalue weighted by Crippen LogP contribution is 2.39. The van der Waals surface area contributed by atoms with Crippen LogP contribution in [0.4, 0.5) is 13.2 Å². The lowest BCUT2D eigenvalue weighted by molar-refractivity contribution is -0.248. The maximum absolute atomic E-state index is 12.8. The van der Waals surface area contributed by atoms with Gasteiger partial charge in [0, 0.05) is 19.2 Å². The molecule has 0 fully saturated rings. The second kappa shape index (κ2) is 5.10. The number of aliphatic hydroxyl groups is 1. The summed E-state index contributed by atoms with van der Waals surface area (Å²) >= 11 is 0. The second-order valence-electron chi connectivity index (χ2n) is 3.86. The molecule has 0 bridgehead atoms. The molecule has 0 aromatic rings. The van der Waals surface area contributed by atoms with Crippen molar-refractivity contribution in [2.24, 2.45) is 0 Å². The third-order valence-corrected chi connectivity index (χ3v) is 2.72. The molecule has 0 heterocycles. The summed E-state index contributed by atoms with van der Waals surface area (Å²) in [7, 11) is 1.03. The third-order valence-electron chi connectivity index (χ3n) is 2.72. The van der Waals surface area contributed by atoms with Gasteiger partial charge in [-0.25, -0.2) is 0 Å². The number of allylic oxidation sites excluding steroid dienone is 1. The Kier molecular flexibility index (Phi) is 4.21. The Labute approximate surface area is 98.0 Å². The number of hydrogen-bond acceptors (Lipinski definition) is 3. The third kappa shape index (κ3) is 3.01. The summed E-state index contributed by atoms with van der Waals surface area (Å²) in [6.07, 6.45) is -1.43. The maximum atomic E-state index is 12.8. The Morgan fingerprint density at radius 1 is 1.59 bits per heavy atom. The van der Waals surface area contributed by atoms with Crippen molar-refractivity contribution in [3.8, 4) is 0 Å². The second-order valence-corrected chi connectivity index (χ2v) is 3.86. The molecule has 0 aliphatic heterocycles. The SMILES string of the molecule is CCC(O)NC1=CCC(OC)(C(F)(F)F)C=C1. The molecule has 6 heteroatoms. The van der Waals surface area contributed by atoms with Crippen molar-refractivity contribution in [1.29, 1.82) is 0 Å². The van der Waals surface area contributed by atoms with Gasteiger partial charge in [-0.05, 0) is 18.6 Å². The first kappa shape index (κ1) is 14.1. The quantitative estimate of drug-likeness (QED) is 0.752. The summed E-state index contributed by atoms with van der Waals surface area (Å²) in [4.78, 5) is 0. The number of ether oxygens (including phenoxy) is 1. The molecule has 0 amide bonds. The number of hydrogen-bond donors (Lipinski definition) is 2. The zero-order valence-electron chi connectivity index (χ0n) is 9.71. The summed E-state index contributed by atoms with van der Waals surface area (Å²) in [6, 6.07) is 0. The first-order valence-corrected chi connectivity index (χ1v) is 5.30. The van der Waals surface area contributed by atoms with Gasteiger partial charge in [-0.15, -0.1) is 0 Å². The summed E-state index contributed by atoms with van der Waals surface area (Å²) in [5.41, 5.74) is -1.79. The minimum atomic E-state index is -4.45. The fourth-order valence-corrected chi connectivity index (χ4v) is 1.50. The lowest BCUT2D eigenvalue weighted by Crippen LogP contribution is -2.46.